The fourth-order valence-corrected chi connectivity index (χ4v) is 2.17. The second-order valence-corrected chi connectivity index (χ2v) is 6.24. The maximum Gasteiger partial charge on any atom is 0.251 e. The van der Waals surface area contributed by atoms with Gasteiger partial charge in [0.15, 0.2) is 11.5 Å². The Balaban J connectivity index is 4.76. The minimum Gasteiger partial charge on any atom is -0.493 e. The van der Waals surface area contributed by atoms with Crippen molar-refractivity contribution in [1.29, 1.82) is 0 Å². The number of amides is 1. The van der Waals surface area contributed by atoms with Crippen LogP contribution in [0.5, 0.6) is 0 Å². The molecule has 0 saturated carbocycles. The molecular formula is C22H36N2O4. The number of rotatable bonds is 15. The lowest BCUT2D eigenvalue weighted by molar-refractivity contribution is -0.117. The Morgan fingerprint density at radius 2 is 2.04 bits per heavy atom. The normalized spacial score (nSPS) is 13.0. The van der Waals surface area contributed by atoms with Crippen molar-refractivity contribution in [3.05, 3.63) is 59.6 Å². The molecule has 0 rings (SSSR count). The molecule has 0 atom stereocenters. The van der Waals surface area contributed by atoms with Gasteiger partial charge in [-0.1, -0.05) is 56.2 Å². The summed E-state index contributed by atoms with van der Waals surface area (Å²) in [6, 6.07) is 0. The lowest BCUT2D eigenvalue weighted by atomic mass is 10.1. The maximum absolute atomic E-state index is 12.5. The monoisotopic (exact) mass is 392 g/mol. The zero-order valence-electron chi connectivity index (χ0n) is 17.7. The molecule has 6 heteroatoms. The van der Waals surface area contributed by atoms with Gasteiger partial charge in [0.05, 0.1) is 13.7 Å². The first-order chi connectivity index (χ1) is 13.5. The SMILES string of the molecule is C=C(OC)/C(=C\C(=C/C)C(=O)NCC/C(C)=C/C=CCNO)OCCCCC. The molecule has 1 amide bonds. The summed E-state index contributed by atoms with van der Waals surface area (Å²) < 4.78 is 10.9. The van der Waals surface area contributed by atoms with Crippen molar-refractivity contribution in [2.45, 2.75) is 46.5 Å². The Kier molecular flexibility index (Phi) is 15.4. The molecule has 0 aliphatic rings. The van der Waals surface area contributed by atoms with Crippen LogP contribution in [0.4, 0.5) is 0 Å². The third kappa shape index (κ3) is 12.1. The van der Waals surface area contributed by atoms with Gasteiger partial charge in [0.25, 0.3) is 5.91 Å². The van der Waals surface area contributed by atoms with E-state index >= 15 is 0 Å². The zero-order chi connectivity index (χ0) is 21.2. The van der Waals surface area contributed by atoms with Crippen molar-refractivity contribution in [3.8, 4) is 0 Å². The standard InChI is InChI=1S/C22H36N2O4/c1-6-8-11-16-28-21(19(4)27-5)17-20(7-2)22(25)23-15-13-18(3)12-9-10-14-24-26/h7,9-10,12,17,24,26H,4,6,8,11,13-16H2,1-3,5H3,(H,23,25)/b10-9?,18-12+,20-7+,21-17+. The summed E-state index contributed by atoms with van der Waals surface area (Å²) in [4.78, 5) is 12.5. The van der Waals surface area contributed by atoms with Crippen LogP contribution in [0, 0.1) is 0 Å². The predicted molar refractivity (Wildman–Crippen MR) is 114 cm³/mol. The molecule has 158 valence electrons. The van der Waals surface area contributed by atoms with Crippen molar-refractivity contribution in [1.82, 2.24) is 10.8 Å². The Labute approximate surface area is 169 Å². The summed E-state index contributed by atoms with van der Waals surface area (Å²) in [5.74, 6) is 0.695. The summed E-state index contributed by atoms with van der Waals surface area (Å²) >= 11 is 0. The molecule has 0 spiro atoms. The van der Waals surface area contributed by atoms with E-state index in [1.165, 1.54) is 7.11 Å². The summed E-state index contributed by atoms with van der Waals surface area (Å²) in [6.45, 7) is 11.2. The summed E-state index contributed by atoms with van der Waals surface area (Å²) in [7, 11) is 1.53. The summed E-state index contributed by atoms with van der Waals surface area (Å²) in [6.07, 6.45) is 12.9. The third-order valence-electron chi connectivity index (χ3n) is 3.92. The van der Waals surface area contributed by atoms with Gasteiger partial charge in [0, 0.05) is 18.7 Å². The van der Waals surface area contributed by atoms with Gasteiger partial charge in [-0.2, -0.15) is 0 Å². The summed E-state index contributed by atoms with van der Waals surface area (Å²) in [5, 5.41) is 11.4. The van der Waals surface area contributed by atoms with Crippen LogP contribution in [-0.2, 0) is 14.3 Å². The Hall–Kier alpha value is -2.31. The van der Waals surface area contributed by atoms with Crippen LogP contribution >= 0.6 is 0 Å². The van der Waals surface area contributed by atoms with E-state index in [0.29, 0.717) is 36.8 Å². The molecule has 3 N–H and O–H groups in total. The van der Waals surface area contributed by atoms with Crippen molar-refractivity contribution in [2.24, 2.45) is 0 Å². The Morgan fingerprint density at radius 3 is 2.64 bits per heavy atom. The highest BCUT2D eigenvalue weighted by Crippen LogP contribution is 2.15. The van der Waals surface area contributed by atoms with Crippen LogP contribution in [0.15, 0.2) is 59.6 Å². The van der Waals surface area contributed by atoms with Crippen molar-refractivity contribution < 1.29 is 19.5 Å². The maximum atomic E-state index is 12.5. The number of hydrogen-bond donors (Lipinski definition) is 3. The lowest BCUT2D eigenvalue weighted by Gasteiger charge is -2.13. The average molecular weight is 393 g/mol. The average Bonchev–Trinajstić information content (AvgIpc) is 2.70. The van der Waals surface area contributed by atoms with E-state index < -0.39 is 0 Å². The predicted octanol–water partition coefficient (Wildman–Crippen LogP) is 4.17. The van der Waals surface area contributed by atoms with E-state index in [2.05, 4.69) is 24.3 Å². The van der Waals surface area contributed by atoms with Crippen molar-refractivity contribution in [3.63, 3.8) is 0 Å². The fourth-order valence-electron chi connectivity index (χ4n) is 2.17. The largest absolute Gasteiger partial charge is 0.493 e. The molecule has 0 aromatic heterocycles. The molecule has 0 fully saturated rings. The molecule has 0 radical (unpaired) electrons. The van der Waals surface area contributed by atoms with Crippen molar-refractivity contribution >= 4 is 5.91 Å². The van der Waals surface area contributed by atoms with Crippen LogP contribution < -0.4 is 10.8 Å². The topological polar surface area (TPSA) is 79.8 Å². The van der Waals surface area contributed by atoms with Crippen molar-refractivity contribution in [2.75, 3.05) is 26.8 Å². The number of methoxy groups -OCH3 is 1. The van der Waals surface area contributed by atoms with E-state index in [4.69, 9.17) is 14.7 Å². The van der Waals surface area contributed by atoms with Gasteiger partial charge < -0.3 is 20.0 Å². The third-order valence-corrected chi connectivity index (χ3v) is 3.92. The quantitative estimate of drug-likeness (QED) is 0.128. The van der Waals surface area contributed by atoms with Gasteiger partial charge in [-0.05, 0) is 32.8 Å². The molecule has 0 aromatic rings. The minimum absolute atomic E-state index is 0.172. The number of nitrogens with one attached hydrogen (secondary N) is 2. The zero-order valence-corrected chi connectivity index (χ0v) is 17.7. The molecule has 6 nitrogen and oxygen atoms in total. The number of allylic oxidation sites excluding steroid dienone is 3. The van der Waals surface area contributed by atoms with E-state index in [0.717, 1.165) is 31.3 Å². The lowest BCUT2D eigenvalue weighted by Crippen LogP contribution is -2.25. The van der Waals surface area contributed by atoms with Crippen LogP contribution in [0.1, 0.15) is 46.5 Å². The van der Waals surface area contributed by atoms with Gasteiger partial charge in [-0.25, -0.2) is 5.48 Å². The van der Waals surface area contributed by atoms with Crippen LogP contribution in [0.3, 0.4) is 0 Å². The van der Waals surface area contributed by atoms with E-state index in [1.54, 1.807) is 25.2 Å². The highest BCUT2D eigenvalue weighted by molar-refractivity contribution is 5.96. The second kappa shape index (κ2) is 16.8. The van der Waals surface area contributed by atoms with Gasteiger partial charge >= 0.3 is 0 Å². The van der Waals surface area contributed by atoms with Gasteiger partial charge in [-0.15, -0.1) is 0 Å². The first-order valence-corrected chi connectivity index (χ1v) is 9.71. The number of hydroxylamine groups is 1. The van der Waals surface area contributed by atoms with Crippen LogP contribution in [-0.4, -0.2) is 37.9 Å². The first-order valence-electron chi connectivity index (χ1n) is 9.71. The summed E-state index contributed by atoms with van der Waals surface area (Å²) in [5.41, 5.74) is 3.68. The molecule has 0 aliphatic heterocycles. The van der Waals surface area contributed by atoms with E-state index in [-0.39, 0.29) is 5.91 Å². The van der Waals surface area contributed by atoms with Crippen LogP contribution in [0.25, 0.3) is 0 Å². The molecule has 28 heavy (non-hydrogen) atoms. The molecule has 0 heterocycles. The minimum atomic E-state index is -0.172. The number of hydrogen-bond acceptors (Lipinski definition) is 5. The van der Waals surface area contributed by atoms with Gasteiger partial charge in [-0.3, -0.25) is 4.79 Å². The smallest absolute Gasteiger partial charge is 0.251 e. The second-order valence-electron chi connectivity index (χ2n) is 6.24. The first kappa shape index (κ1) is 25.7. The van der Waals surface area contributed by atoms with Gasteiger partial charge in [0.2, 0.25) is 0 Å². The Morgan fingerprint density at radius 1 is 1.29 bits per heavy atom. The molecule has 0 aliphatic carbocycles. The van der Waals surface area contributed by atoms with E-state index in [9.17, 15) is 4.79 Å². The molecule has 0 saturated heterocycles. The molecular weight excluding hydrogens is 356 g/mol. The fraction of sp³-hybridized carbons (Fsp3) is 0.500. The Bertz CT molecular complexity index is 589. The van der Waals surface area contributed by atoms with Gasteiger partial charge in [0.1, 0.15) is 0 Å². The molecule has 0 aromatic carbocycles. The molecule has 0 bridgehead atoms. The number of carbonyl (C=O) groups is 1. The van der Waals surface area contributed by atoms with Crippen LogP contribution in [0.2, 0.25) is 0 Å². The highest BCUT2D eigenvalue weighted by atomic mass is 16.5. The number of ether oxygens (including phenoxy) is 2. The molecule has 0 unspecified atom stereocenters. The highest BCUT2D eigenvalue weighted by Gasteiger charge is 2.11. The number of carbonyl (C=O) groups excluding carboxylic acids is 1. The van der Waals surface area contributed by atoms with E-state index in [1.807, 2.05) is 19.1 Å². The number of unbranched alkanes of at least 4 members (excludes halogenated alkanes) is 2.